The molecule has 5 atom stereocenters. The van der Waals surface area contributed by atoms with Crippen molar-refractivity contribution in [2.75, 3.05) is 13.1 Å². The first-order chi connectivity index (χ1) is 20.6. The number of carbonyl (C=O) groups excluding carboxylic acids is 5. The molecule has 1 saturated heterocycles. The number of amides is 5. The maximum Gasteiger partial charge on any atom is 0.315 e. The van der Waals surface area contributed by atoms with E-state index in [-0.39, 0.29) is 54.1 Å². The largest absolute Gasteiger partial charge is 0.346 e. The highest BCUT2D eigenvalue weighted by molar-refractivity contribution is 6.38. The molecule has 5 amide bonds. The van der Waals surface area contributed by atoms with Crippen molar-refractivity contribution >= 4 is 29.5 Å². The van der Waals surface area contributed by atoms with Gasteiger partial charge in [-0.2, -0.15) is 0 Å². The van der Waals surface area contributed by atoms with Crippen molar-refractivity contribution in [1.29, 1.82) is 0 Å². The van der Waals surface area contributed by atoms with Gasteiger partial charge in [0.15, 0.2) is 0 Å². The Hall–Kier alpha value is -3.17. The molecule has 238 valence electrons. The fourth-order valence-electron chi connectivity index (χ4n) is 7.68. The second-order valence-electron chi connectivity index (χ2n) is 13.5. The maximum absolute atomic E-state index is 14.3. The number of hydrogen-bond donors (Lipinski definition) is 4. The van der Waals surface area contributed by atoms with E-state index >= 15 is 0 Å². The first-order valence-electron chi connectivity index (χ1n) is 16.3. The van der Waals surface area contributed by atoms with Crippen LogP contribution in [0.3, 0.4) is 0 Å². The van der Waals surface area contributed by atoms with Gasteiger partial charge in [0.05, 0.1) is 6.04 Å². The van der Waals surface area contributed by atoms with E-state index in [1.807, 2.05) is 0 Å². The zero-order valence-electron chi connectivity index (χ0n) is 26.0. The van der Waals surface area contributed by atoms with Crippen LogP contribution in [-0.2, 0) is 19.2 Å². The lowest BCUT2D eigenvalue weighted by atomic mass is 9.83. The van der Waals surface area contributed by atoms with E-state index in [4.69, 9.17) is 0 Å². The van der Waals surface area contributed by atoms with Crippen molar-refractivity contribution in [3.63, 3.8) is 0 Å². The molecule has 1 heterocycles. The highest BCUT2D eigenvalue weighted by Crippen LogP contribution is 2.65. The number of nitrogens with one attached hydrogen (secondary N) is 4. The van der Waals surface area contributed by atoms with Gasteiger partial charge in [0.25, 0.3) is 5.91 Å². The van der Waals surface area contributed by atoms with Crippen LogP contribution in [-0.4, -0.2) is 71.7 Å². The van der Waals surface area contributed by atoms with Crippen LogP contribution in [0.25, 0.3) is 0 Å². The lowest BCUT2D eigenvalue weighted by Gasteiger charge is -2.37. The van der Waals surface area contributed by atoms with Crippen LogP contribution in [0.2, 0.25) is 0 Å². The van der Waals surface area contributed by atoms with Crippen LogP contribution in [0.15, 0.2) is 25.3 Å². The number of hydrogen-bond acceptors (Lipinski definition) is 5. The second-order valence-corrected chi connectivity index (χ2v) is 13.5. The van der Waals surface area contributed by atoms with Crippen molar-refractivity contribution in [3.05, 3.63) is 25.3 Å². The Bertz CT molecular complexity index is 1080. The third-order valence-electron chi connectivity index (χ3n) is 10.3. The molecule has 10 nitrogen and oxygen atoms in total. The fraction of sp³-hybridized carbons (Fsp3) is 0.727. The summed E-state index contributed by atoms with van der Waals surface area (Å²) in [6.07, 6.45) is 13.8. The molecule has 1 aliphatic heterocycles. The summed E-state index contributed by atoms with van der Waals surface area (Å²) in [4.78, 5) is 68.6. The summed E-state index contributed by atoms with van der Waals surface area (Å²) in [5.74, 6) is -2.10. The van der Waals surface area contributed by atoms with E-state index in [0.29, 0.717) is 13.0 Å². The van der Waals surface area contributed by atoms with E-state index in [0.717, 1.165) is 57.8 Å². The minimum Gasteiger partial charge on any atom is -0.346 e. The summed E-state index contributed by atoms with van der Waals surface area (Å²) in [7, 11) is 0. The van der Waals surface area contributed by atoms with Gasteiger partial charge < -0.3 is 26.2 Å². The number of fused-ring (bicyclic) bond motifs is 1. The molecule has 0 aromatic rings. The quantitative estimate of drug-likeness (QED) is 0.191. The topological polar surface area (TPSA) is 137 Å². The van der Waals surface area contributed by atoms with Gasteiger partial charge in [0, 0.05) is 19.1 Å². The van der Waals surface area contributed by atoms with E-state index in [1.54, 1.807) is 11.0 Å². The van der Waals surface area contributed by atoms with E-state index < -0.39 is 35.7 Å². The molecule has 0 radical (unpaired) electrons. The van der Waals surface area contributed by atoms with Gasteiger partial charge in [-0.05, 0) is 61.7 Å². The van der Waals surface area contributed by atoms with Gasteiger partial charge in [-0.25, -0.2) is 4.79 Å². The average Bonchev–Trinajstić information content (AvgIpc) is 3.31. The fourth-order valence-corrected chi connectivity index (χ4v) is 7.68. The molecule has 43 heavy (non-hydrogen) atoms. The molecule has 10 heteroatoms. The second kappa shape index (κ2) is 14.5. The molecular weight excluding hydrogens is 546 g/mol. The Balaban J connectivity index is 1.52. The average molecular weight is 598 g/mol. The van der Waals surface area contributed by atoms with Gasteiger partial charge in [0.2, 0.25) is 17.6 Å². The number of likely N-dealkylation sites (tertiary alicyclic amines) is 1. The van der Waals surface area contributed by atoms with Crippen molar-refractivity contribution in [2.24, 2.45) is 23.2 Å². The molecule has 0 aromatic heterocycles. The van der Waals surface area contributed by atoms with E-state index in [2.05, 4.69) is 48.3 Å². The van der Waals surface area contributed by atoms with Gasteiger partial charge >= 0.3 is 6.03 Å². The molecule has 3 saturated carbocycles. The molecule has 4 rings (SSSR count). The van der Waals surface area contributed by atoms with Crippen LogP contribution in [0.5, 0.6) is 0 Å². The zero-order chi connectivity index (χ0) is 31.1. The third-order valence-corrected chi connectivity index (χ3v) is 10.3. The lowest BCUT2D eigenvalue weighted by Crippen LogP contribution is -2.60. The van der Waals surface area contributed by atoms with Crippen LogP contribution < -0.4 is 21.3 Å². The highest BCUT2D eigenvalue weighted by atomic mass is 16.2. The van der Waals surface area contributed by atoms with Gasteiger partial charge in [-0.3, -0.25) is 19.2 Å². The van der Waals surface area contributed by atoms with Gasteiger partial charge in [-0.1, -0.05) is 64.5 Å². The molecule has 4 unspecified atom stereocenters. The SMILES string of the molecule is C=CCCC(NC(=O)C1[C@@H]2C(CN1C(=O)C(NC(=O)NC1CCCCC1)C1CCCCC1)C2(C)C)C(=O)C(=O)NCC=C. The molecule has 0 bridgehead atoms. The number of ketones is 1. The van der Waals surface area contributed by atoms with E-state index in [9.17, 15) is 24.0 Å². The Morgan fingerprint density at radius 1 is 0.907 bits per heavy atom. The minimum atomic E-state index is -1.04. The monoisotopic (exact) mass is 597 g/mol. The molecule has 4 N–H and O–H groups in total. The number of carbonyl (C=O) groups is 5. The minimum absolute atomic E-state index is 0.00229. The zero-order valence-corrected chi connectivity index (χ0v) is 26.0. The Morgan fingerprint density at radius 2 is 1.56 bits per heavy atom. The standard InChI is InChI=1S/C33H51N5O5/c1-5-7-18-24(28(39)30(41)34-19-6-2)36-29(40)27-25-23(33(25,3)4)20-38(27)31(42)26(21-14-10-8-11-15-21)37-32(43)35-22-16-12-9-13-17-22/h5-6,21-27H,1-2,7-20H2,3-4H3,(H,34,41)(H,36,40)(H2,35,37,43)/t23?,24?,25-,26?,27?/m0/s1. The summed E-state index contributed by atoms with van der Waals surface area (Å²) >= 11 is 0. The number of urea groups is 1. The maximum atomic E-state index is 14.3. The summed E-state index contributed by atoms with van der Waals surface area (Å²) in [6.45, 7) is 12.0. The van der Waals surface area contributed by atoms with Crippen molar-refractivity contribution in [3.8, 4) is 0 Å². The predicted octanol–water partition coefficient (Wildman–Crippen LogP) is 3.37. The molecule has 0 spiro atoms. The van der Waals surface area contributed by atoms with Crippen molar-refractivity contribution in [1.82, 2.24) is 26.2 Å². The van der Waals surface area contributed by atoms with Crippen LogP contribution in [0.1, 0.15) is 90.9 Å². The molecule has 0 aromatic carbocycles. The van der Waals surface area contributed by atoms with Gasteiger partial charge in [-0.15, -0.1) is 13.2 Å². The number of Topliss-reactive ketones (excluding diaryl/α,β-unsaturated/α-hetero) is 1. The molecule has 4 aliphatic rings. The van der Waals surface area contributed by atoms with Crippen LogP contribution in [0.4, 0.5) is 4.79 Å². The number of rotatable bonds is 13. The van der Waals surface area contributed by atoms with Crippen molar-refractivity contribution < 1.29 is 24.0 Å². The molecule has 3 aliphatic carbocycles. The van der Waals surface area contributed by atoms with Crippen LogP contribution >= 0.6 is 0 Å². The Labute approximate surface area is 256 Å². The first kappa shape index (κ1) is 32.7. The lowest BCUT2D eigenvalue weighted by molar-refractivity contribution is -0.144. The summed E-state index contributed by atoms with van der Waals surface area (Å²) in [5.41, 5.74) is -0.132. The van der Waals surface area contributed by atoms with E-state index in [1.165, 1.54) is 12.5 Å². The summed E-state index contributed by atoms with van der Waals surface area (Å²) < 4.78 is 0. The molecular formula is C33H51N5O5. The number of nitrogens with zero attached hydrogens (tertiary/aromatic N) is 1. The Kier molecular flexibility index (Phi) is 11.1. The van der Waals surface area contributed by atoms with Gasteiger partial charge in [0.1, 0.15) is 12.1 Å². The third kappa shape index (κ3) is 7.68. The summed E-state index contributed by atoms with van der Waals surface area (Å²) in [6, 6.07) is -2.74. The normalized spacial score (nSPS) is 26.3. The first-order valence-corrected chi connectivity index (χ1v) is 16.3. The highest BCUT2D eigenvalue weighted by Gasteiger charge is 2.69. The number of allylic oxidation sites excluding steroid dienone is 1. The summed E-state index contributed by atoms with van der Waals surface area (Å²) in [5, 5.41) is 11.5. The van der Waals surface area contributed by atoms with Crippen molar-refractivity contribution in [2.45, 2.75) is 115 Å². The molecule has 4 fully saturated rings. The van der Waals surface area contributed by atoms with Crippen LogP contribution in [0, 0.1) is 23.2 Å². The Morgan fingerprint density at radius 3 is 2.19 bits per heavy atom. The predicted molar refractivity (Wildman–Crippen MR) is 165 cm³/mol. The smallest absolute Gasteiger partial charge is 0.315 e. The number of piperidine rings is 1.